The third-order valence-electron chi connectivity index (χ3n) is 6.28. The van der Waals surface area contributed by atoms with Gasteiger partial charge in [-0.25, -0.2) is 17.2 Å². The molecule has 5 rings (SSSR count). The van der Waals surface area contributed by atoms with Crippen LogP contribution < -0.4 is 10.6 Å². The number of carbonyl (C=O) groups is 1. The van der Waals surface area contributed by atoms with Crippen molar-refractivity contribution in [2.45, 2.75) is 43.9 Å². The van der Waals surface area contributed by atoms with E-state index in [9.17, 15) is 13.2 Å². The van der Waals surface area contributed by atoms with E-state index >= 15 is 0 Å². The molecule has 35 heavy (non-hydrogen) atoms. The van der Waals surface area contributed by atoms with E-state index in [4.69, 9.17) is 4.74 Å². The molecular formula is C27H27N3O4S. The monoisotopic (exact) mass is 489 g/mol. The second-order valence-corrected chi connectivity index (χ2v) is 10.7. The SMILES string of the molecule is Cc1ccc(S(=O)(=O)n2ccc3c4c(ccc32)NC(C)CC4OC(=O)NCc2ccccc2)cc1. The van der Waals surface area contributed by atoms with Gasteiger partial charge in [-0.15, -0.1) is 0 Å². The van der Waals surface area contributed by atoms with Crippen LogP contribution in [0.1, 0.15) is 36.1 Å². The summed E-state index contributed by atoms with van der Waals surface area (Å²) in [4.78, 5) is 12.9. The van der Waals surface area contributed by atoms with E-state index in [1.165, 1.54) is 3.97 Å². The molecule has 7 nitrogen and oxygen atoms in total. The number of rotatable bonds is 5. The Morgan fingerprint density at radius 3 is 2.54 bits per heavy atom. The first kappa shape index (κ1) is 23.0. The molecule has 3 aromatic carbocycles. The largest absolute Gasteiger partial charge is 0.441 e. The topological polar surface area (TPSA) is 89.4 Å². The van der Waals surface area contributed by atoms with Gasteiger partial charge in [0.25, 0.3) is 10.0 Å². The molecule has 180 valence electrons. The maximum Gasteiger partial charge on any atom is 0.408 e. The van der Waals surface area contributed by atoms with Crippen molar-refractivity contribution in [1.82, 2.24) is 9.29 Å². The van der Waals surface area contributed by atoms with Crippen molar-refractivity contribution < 1.29 is 17.9 Å². The number of hydrogen-bond acceptors (Lipinski definition) is 5. The van der Waals surface area contributed by atoms with Crippen LogP contribution in [0.15, 0.2) is 83.9 Å². The summed E-state index contributed by atoms with van der Waals surface area (Å²) in [6.07, 6.45) is 1.10. The number of hydrogen-bond donors (Lipinski definition) is 2. The molecule has 0 bridgehead atoms. The summed E-state index contributed by atoms with van der Waals surface area (Å²) in [6.45, 7) is 4.30. The maximum absolute atomic E-state index is 13.4. The predicted molar refractivity (Wildman–Crippen MR) is 136 cm³/mol. The summed E-state index contributed by atoms with van der Waals surface area (Å²) >= 11 is 0. The Labute approximate surface area is 204 Å². The Hall–Kier alpha value is -3.78. The number of fused-ring (bicyclic) bond motifs is 3. The van der Waals surface area contributed by atoms with E-state index in [0.29, 0.717) is 18.5 Å². The lowest BCUT2D eigenvalue weighted by Crippen LogP contribution is -2.31. The van der Waals surface area contributed by atoms with Crippen LogP contribution in [-0.4, -0.2) is 24.5 Å². The quantitative estimate of drug-likeness (QED) is 0.394. The van der Waals surface area contributed by atoms with Gasteiger partial charge in [-0.3, -0.25) is 0 Å². The highest BCUT2D eigenvalue weighted by molar-refractivity contribution is 7.90. The Balaban J connectivity index is 1.47. The molecule has 1 aliphatic rings. The second kappa shape index (κ2) is 9.11. The normalized spacial score (nSPS) is 17.4. The van der Waals surface area contributed by atoms with Gasteiger partial charge in [0.2, 0.25) is 0 Å². The van der Waals surface area contributed by atoms with Crippen LogP contribution in [0, 0.1) is 6.92 Å². The van der Waals surface area contributed by atoms with Gasteiger partial charge in [0.15, 0.2) is 0 Å². The van der Waals surface area contributed by atoms with Gasteiger partial charge in [-0.1, -0.05) is 48.0 Å². The molecule has 1 aromatic heterocycles. The average molecular weight is 490 g/mol. The lowest BCUT2D eigenvalue weighted by atomic mass is 9.93. The van der Waals surface area contributed by atoms with Crippen molar-refractivity contribution in [3.05, 3.63) is 95.7 Å². The molecule has 0 saturated heterocycles. The minimum absolute atomic E-state index is 0.0882. The van der Waals surface area contributed by atoms with Crippen molar-refractivity contribution in [2.75, 3.05) is 5.32 Å². The number of aromatic nitrogens is 1. The van der Waals surface area contributed by atoms with Crippen molar-refractivity contribution in [3.8, 4) is 0 Å². The number of nitrogens with one attached hydrogen (secondary N) is 2. The van der Waals surface area contributed by atoms with E-state index < -0.39 is 22.2 Å². The highest BCUT2D eigenvalue weighted by atomic mass is 32.2. The molecule has 2 unspecified atom stereocenters. The molecule has 1 amide bonds. The minimum atomic E-state index is -3.78. The molecule has 4 aromatic rings. The highest BCUT2D eigenvalue weighted by Crippen LogP contribution is 2.41. The van der Waals surface area contributed by atoms with Gasteiger partial charge >= 0.3 is 6.09 Å². The van der Waals surface area contributed by atoms with Crippen molar-refractivity contribution >= 4 is 32.7 Å². The summed E-state index contributed by atoms with van der Waals surface area (Å²) in [5.41, 5.74) is 4.13. The molecule has 0 fully saturated rings. The van der Waals surface area contributed by atoms with Crippen LogP contribution in [0.4, 0.5) is 10.5 Å². The minimum Gasteiger partial charge on any atom is -0.441 e. The summed E-state index contributed by atoms with van der Waals surface area (Å²) < 4.78 is 33.9. The first-order chi connectivity index (χ1) is 16.8. The average Bonchev–Trinajstić information content (AvgIpc) is 3.28. The number of nitrogens with zero attached hydrogens (tertiary/aromatic N) is 1. The standard InChI is InChI=1S/C27H27N3O4S/c1-18-8-10-21(11-9-18)35(32,33)30-15-14-22-24(30)13-12-23-26(22)25(16-19(2)29-23)34-27(31)28-17-20-6-4-3-5-7-20/h3-15,19,25,29H,16-17H2,1-2H3,(H,28,31). The van der Waals surface area contributed by atoms with Crippen LogP contribution in [0.5, 0.6) is 0 Å². The molecule has 0 saturated carbocycles. The van der Waals surface area contributed by atoms with Crippen LogP contribution in [0.3, 0.4) is 0 Å². The zero-order valence-electron chi connectivity index (χ0n) is 19.6. The van der Waals surface area contributed by atoms with Crippen LogP contribution >= 0.6 is 0 Å². The number of aryl methyl sites for hydroxylation is 1. The molecule has 2 atom stereocenters. The number of benzene rings is 3. The van der Waals surface area contributed by atoms with E-state index in [0.717, 1.165) is 27.8 Å². The third kappa shape index (κ3) is 4.49. The van der Waals surface area contributed by atoms with Crippen LogP contribution in [-0.2, 0) is 21.3 Å². The summed E-state index contributed by atoms with van der Waals surface area (Å²) in [7, 11) is -3.78. The molecule has 0 radical (unpaired) electrons. The fourth-order valence-electron chi connectivity index (χ4n) is 4.53. The Bertz CT molecular complexity index is 1480. The molecule has 2 N–H and O–H groups in total. The zero-order valence-corrected chi connectivity index (χ0v) is 20.4. The highest BCUT2D eigenvalue weighted by Gasteiger charge is 2.31. The third-order valence-corrected chi connectivity index (χ3v) is 7.98. The van der Waals surface area contributed by atoms with Crippen molar-refractivity contribution in [2.24, 2.45) is 0 Å². The molecular weight excluding hydrogens is 462 g/mol. The molecule has 0 aliphatic carbocycles. The summed E-state index contributed by atoms with van der Waals surface area (Å²) in [6, 6.07) is 21.9. The number of ether oxygens (including phenoxy) is 1. The second-order valence-electron chi connectivity index (χ2n) is 8.90. The number of anilines is 1. The summed E-state index contributed by atoms with van der Waals surface area (Å²) in [5, 5.41) is 6.98. The van der Waals surface area contributed by atoms with Gasteiger partial charge in [-0.05, 0) is 49.7 Å². The Morgan fingerprint density at radius 1 is 1.06 bits per heavy atom. The van der Waals surface area contributed by atoms with Gasteiger partial charge in [0, 0.05) is 41.8 Å². The molecule has 0 spiro atoms. The fourth-order valence-corrected chi connectivity index (χ4v) is 5.88. The smallest absolute Gasteiger partial charge is 0.408 e. The van der Waals surface area contributed by atoms with E-state index in [1.54, 1.807) is 42.6 Å². The van der Waals surface area contributed by atoms with Crippen LogP contribution in [0.25, 0.3) is 10.9 Å². The van der Waals surface area contributed by atoms with E-state index in [-0.39, 0.29) is 10.9 Å². The van der Waals surface area contributed by atoms with Crippen molar-refractivity contribution in [1.29, 1.82) is 0 Å². The van der Waals surface area contributed by atoms with Gasteiger partial charge in [0.05, 0.1) is 10.4 Å². The van der Waals surface area contributed by atoms with Gasteiger partial charge < -0.3 is 15.4 Å². The number of alkyl carbamates (subject to hydrolysis) is 1. The summed E-state index contributed by atoms with van der Waals surface area (Å²) in [5.74, 6) is 0. The van der Waals surface area contributed by atoms with E-state index in [2.05, 4.69) is 10.6 Å². The maximum atomic E-state index is 13.4. The first-order valence-electron chi connectivity index (χ1n) is 11.5. The number of amides is 1. The number of carbonyl (C=O) groups excluding carboxylic acids is 1. The molecule has 2 heterocycles. The van der Waals surface area contributed by atoms with E-state index in [1.807, 2.05) is 50.2 Å². The van der Waals surface area contributed by atoms with Gasteiger partial charge in [-0.2, -0.15) is 0 Å². The van der Waals surface area contributed by atoms with Crippen LogP contribution in [0.2, 0.25) is 0 Å². The van der Waals surface area contributed by atoms with Gasteiger partial charge in [0.1, 0.15) is 6.10 Å². The van der Waals surface area contributed by atoms with Crippen molar-refractivity contribution in [3.63, 3.8) is 0 Å². The first-order valence-corrected chi connectivity index (χ1v) is 13.0. The Kier molecular flexibility index (Phi) is 5.98. The lowest BCUT2D eigenvalue weighted by molar-refractivity contribution is 0.0888. The molecule has 8 heteroatoms. The molecule has 1 aliphatic heterocycles. The lowest BCUT2D eigenvalue weighted by Gasteiger charge is -2.31. The fraction of sp³-hybridized carbons (Fsp3) is 0.222. The zero-order chi connectivity index (χ0) is 24.6. The Morgan fingerprint density at radius 2 is 1.80 bits per heavy atom. The predicted octanol–water partition coefficient (Wildman–Crippen LogP) is 5.36.